The molecule has 5 heteroatoms. The van der Waals surface area contributed by atoms with Gasteiger partial charge in [0.1, 0.15) is 0 Å². The number of anilines is 1. The van der Waals surface area contributed by atoms with Gasteiger partial charge in [-0.2, -0.15) is 0 Å². The van der Waals surface area contributed by atoms with Gasteiger partial charge in [-0.05, 0) is 32.2 Å². The lowest BCUT2D eigenvalue weighted by Gasteiger charge is -2.36. The molecule has 2 aliphatic rings. The zero-order chi connectivity index (χ0) is 14.1. The molecule has 1 aliphatic carbocycles. The number of carbonyl (C=O) groups excluding carboxylic acids is 1. The number of likely N-dealkylation sites (tertiary alicyclic amines) is 1. The fourth-order valence-electron chi connectivity index (χ4n) is 3.00. The number of nitrogens with zero attached hydrogens (tertiary/aromatic N) is 3. The second-order valence-electron chi connectivity index (χ2n) is 5.91. The highest BCUT2D eigenvalue weighted by atomic mass is 32.1. The summed E-state index contributed by atoms with van der Waals surface area (Å²) in [6, 6.07) is 0.565. The lowest BCUT2D eigenvalue weighted by molar-refractivity contribution is 0.112. The quantitative estimate of drug-likeness (QED) is 0.782. The number of aromatic nitrogens is 1. The summed E-state index contributed by atoms with van der Waals surface area (Å²) < 4.78 is 0. The zero-order valence-corrected chi connectivity index (χ0v) is 13.2. The van der Waals surface area contributed by atoms with Gasteiger partial charge in [-0.3, -0.25) is 4.79 Å². The maximum atomic E-state index is 11.2. The molecule has 0 N–H and O–H groups in total. The van der Waals surface area contributed by atoms with Crippen LogP contribution < -0.4 is 4.90 Å². The second kappa shape index (κ2) is 5.82. The molecule has 0 aromatic carbocycles. The van der Waals surface area contributed by atoms with Gasteiger partial charge in [-0.25, -0.2) is 4.98 Å². The van der Waals surface area contributed by atoms with Crippen molar-refractivity contribution in [3.63, 3.8) is 0 Å². The highest BCUT2D eigenvalue weighted by Crippen LogP contribution is 2.43. The van der Waals surface area contributed by atoms with Gasteiger partial charge >= 0.3 is 0 Å². The van der Waals surface area contributed by atoms with Crippen molar-refractivity contribution in [2.45, 2.75) is 44.6 Å². The van der Waals surface area contributed by atoms with E-state index in [1.807, 2.05) is 0 Å². The van der Waals surface area contributed by atoms with Gasteiger partial charge in [0.05, 0.1) is 10.6 Å². The van der Waals surface area contributed by atoms with Crippen molar-refractivity contribution in [3.8, 4) is 0 Å². The van der Waals surface area contributed by atoms with Crippen LogP contribution in [-0.2, 0) is 0 Å². The molecule has 1 saturated carbocycles. The van der Waals surface area contributed by atoms with E-state index in [2.05, 4.69) is 23.8 Å². The third-order valence-electron chi connectivity index (χ3n) is 4.59. The van der Waals surface area contributed by atoms with Crippen LogP contribution >= 0.6 is 11.3 Å². The Labute approximate surface area is 124 Å². The molecule has 0 atom stereocenters. The number of aldehydes is 1. The number of rotatable bonds is 5. The molecule has 0 bridgehead atoms. The highest BCUT2D eigenvalue weighted by Gasteiger charge is 2.31. The van der Waals surface area contributed by atoms with Crippen molar-refractivity contribution in [2.24, 2.45) is 0 Å². The first-order chi connectivity index (χ1) is 9.72. The van der Waals surface area contributed by atoms with E-state index < -0.39 is 0 Å². The van der Waals surface area contributed by atoms with Crippen molar-refractivity contribution in [3.05, 3.63) is 10.6 Å². The van der Waals surface area contributed by atoms with Crippen LogP contribution in [0.1, 0.15) is 53.9 Å². The standard InChI is InChI=1S/C15H23N3OS/c1-3-18-8-6-12(7-9-18)17(2)15-16-14(11-4-5-11)13(10-19)20-15/h10-12H,3-9H2,1-2H3. The third kappa shape index (κ3) is 2.74. The minimum Gasteiger partial charge on any atom is -0.348 e. The molecule has 0 amide bonds. The van der Waals surface area contributed by atoms with Crippen LogP contribution in [0.5, 0.6) is 0 Å². The third-order valence-corrected chi connectivity index (χ3v) is 5.68. The molecular weight excluding hydrogens is 270 g/mol. The van der Waals surface area contributed by atoms with Crippen LogP contribution in [0.4, 0.5) is 5.13 Å². The predicted octanol–water partition coefficient (Wildman–Crippen LogP) is 2.75. The smallest absolute Gasteiger partial charge is 0.186 e. The molecule has 0 spiro atoms. The summed E-state index contributed by atoms with van der Waals surface area (Å²) in [5.74, 6) is 0.551. The van der Waals surface area contributed by atoms with Crippen molar-refractivity contribution in [1.29, 1.82) is 0 Å². The molecule has 1 aromatic heterocycles. The normalized spacial score (nSPS) is 21.1. The SMILES string of the molecule is CCN1CCC(N(C)c2nc(C3CC3)c(C=O)s2)CC1. The van der Waals surface area contributed by atoms with E-state index in [1.54, 1.807) is 11.3 Å². The van der Waals surface area contributed by atoms with Crippen molar-refractivity contribution < 1.29 is 4.79 Å². The molecule has 110 valence electrons. The van der Waals surface area contributed by atoms with E-state index >= 15 is 0 Å². The van der Waals surface area contributed by atoms with Crippen LogP contribution in [0.15, 0.2) is 0 Å². The number of hydrogen-bond donors (Lipinski definition) is 0. The molecule has 0 unspecified atom stereocenters. The van der Waals surface area contributed by atoms with Crippen molar-refractivity contribution >= 4 is 22.8 Å². The topological polar surface area (TPSA) is 36.4 Å². The van der Waals surface area contributed by atoms with E-state index in [-0.39, 0.29) is 0 Å². The molecule has 0 radical (unpaired) electrons. The predicted molar refractivity (Wildman–Crippen MR) is 83.0 cm³/mol. The molecule has 1 aromatic rings. The Kier molecular flexibility index (Phi) is 4.08. The fourth-order valence-corrected chi connectivity index (χ4v) is 3.99. The molecule has 3 rings (SSSR count). The van der Waals surface area contributed by atoms with Gasteiger partial charge in [0.2, 0.25) is 0 Å². The number of thiazole rings is 1. The maximum absolute atomic E-state index is 11.2. The molecule has 2 heterocycles. The van der Waals surface area contributed by atoms with Gasteiger partial charge in [-0.1, -0.05) is 18.3 Å². The molecule has 4 nitrogen and oxygen atoms in total. The van der Waals surface area contributed by atoms with Gasteiger partial charge in [0, 0.05) is 32.1 Å². The minimum atomic E-state index is 0.551. The minimum absolute atomic E-state index is 0.551. The van der Waals surface area contributed by atoms with Crippen LogP contribution in [0, 0.1) is 0 Å². The lowest BCUT2D eigenvalue weighted by Crippen LogP contribution is -2.43. The van der Waals surface area contributed by atoms with Gasteiger partial charge < -0.3 is 9.80 Å². The molecule has 20 heavy (non-hydrogen) atoms. The Morgan fingerprint density at radius 3 is 2.60 bits per heavy atom. The van der Waals surface area contributed by atoms with Crippen LogP contribution in [0.25, 0.3) is 0 Å². The van der Waals surface area contributed by atoms with E-state index in [0.29, 0.717) is 12.0 Å². The second-order valence-corrected chi connectivity index (χ2v) is 6.92. The summed E-state index contributed by atoms with van der Waals surface area (Å²) in [7, 11) is 2.14. The Morgan fingerprint density at radius 1 is 1.35 bits per heavy atom. The van der Waals surface area contributed by atoms with E-state index in [1.165, 1.54) is 38.8 Å². The van der Waals surface area contributed by atoms with E-state index in [9.17, 15) is 4.79 Å². The number of piperidine rings is 1. The Hall–Kier alpha value is -0.940. The summed E-state index contributed by atoms with van der Waals surface area (Å²) in [6.07, 6.45) is 5.77. The summed E-state index contributed by atoms with van der Waals surface area (Å²) in [5.41, 5.74) is 1.05. The first-order valence-electron chi connectivity index (χ1n) is 7.64. The maximum Gasteiger partial charge on any atom is 0.186 e. The van der Waals surface area contributed by atoms with Crippen molar-refractivity contribution in [1.82, 2.24) is 9.88 Å². The molecule has 1 saturated heterocycles. The average molecular weight is 293 g/mol. The molecule has 2 fully saturated rings. The zero-order valence-electron chi connectivity index (χ0n) is 12.3. The van der Waals surface area contributed by atoms with Gasteiger partial charge in [-0.15, -0.1) is 0 Å². The monoisotopic (exact) mass is 293 g/mol. The Morgan fingerprint density at radius 2 is 2.05 bits per heavy atom. The summed E-state index contributed by atoms with van der Waals surface area (Å²) in [6.45, 7) is 5.72. The fraction of sp³-hybridized carbons (Fsp3) is 0.733. The van der Waals surface area contributed by atoms with Crippen LogP contribution in [0.3, 0.4) is 0 Å². The van der Waals surface area contributed by atoms with Crippen molar-refractivity contribution in [2.75, 3.05) is 31.6 Å². The Bertz CT molecular complexity index is 475. The van der Waals surface area contributed by atoms with Crippen LogP contribution in [0.2, 0.25) is 0 Å². The first-order valence-corrected chi connectivity index (χ1v) is 8.45. The van der Waals surface area contributed by atoms with E-state index in [0.717, 1.165) is 28.5 Å². The molecule has 1 aliphatic heterocycles. The average Bonchev–Trinajstić information content (AvgIpc) is 3.25. The lowest BCUT2D eigenvalue weighted by atomic mass is 10.0. The van der Waals surface area contributed by atoms with Crippen LogP contribution in [-0.4, -0.2) is 48.9 Å². The molecular formula is C15H23N3OS. The summed E-state index contributed by atoms with van der Waals surface area (Å²) in [5, 5.41) is 1.03. The summed E-state index contributed by atoms with van der Waals surface area (Å²) >= 11 is 1.57. The van der Waals surface area contributed by atoms with E-state index in [4.69, 9.17) is 4.98 Å². The largest absolute Gasteiger partial charge is 0.348 e. The number of carbonyl (C=O) groups is 1. The summed E-state index contributed by atoms with van der Waals surface area (Å²) in [4.78, 5) is 21.6. The first kappa shape index (κ1) is 14.0. The Balaban J connectivity index is 1.70. The van der Waals surface area contributed by atoms with Gasteiger partial charge in [0.15, 0.2) is 11.4 Å². The van der Waals surface area contributed by atoms with Gasteiger partial charge in [0.25, 0.3) is 0 Å². The highest BCUT2D eigenvalue weighted by molar-refractivity contribution is 7.17. The number of hydrogen-bond acceptors (Lipinski definition) is 5.